The third-order valence-electron chi connectivity index (χ3n) is 3.67. The Kier molecular flexibility index (Phi) is 2.56. The van der Waals surface area contributed by atoms with Crippen molar-refractivity contribution in [3.63, 3.8) is 0 Å². The molecule has 18 heavy (non-hydrogen) atoms. The maximum Gasteiger partial charge on any atom is 0.345 e. The minimum absolute atomic E-state index is 0.136. The number of hydrogen-bond acceptors (Lipinski definition) is 5. The Morgan fingerprint density at radius 1 is 1.44 bits per heavy atom. The molecule has 5 heteroatoms. The fourth-order valence-electron chi connectivity index (χ4n) is 2.91. The van der Waals surface area contributed by atoms with Crippen LogP contribution >= 0.6 is 0 Å². The highest BCUT2D eigenvalue weighted by Crippen LogP contribution is 2.47. The molecule has 0 aromatic rings. The van der Waals surface area contributed by atoms with Gasteiger partial charge in [-0.05, 0) is 26.8 Å². The normalized spacial score (nSPS) is 43.8. The summed E-state index contributed by atoms with van der Waals surface area (Å²) in [5.74, 6) is -0.936. The number of carbonyl (C=O) groups is 1. The Morgan fingerprint density at radius 2 is 2.22 bits per heavy atom. The summed E-state index contributed by atoms with van der Waals surface area (Å²) in [6.07, 6.45) is 3.19. The molecule has 0 amide bonds. The maximum atomic E-state index is 12.2. The molecule has 0 aromatic heterocycles. The van der Waals surface area contributed by atoms with Crippen molar-refractivity contribution >= 4 is 5.97 Å². The van der Waals surface area contributed by atoms with Crippen LogP contribution in [0.25, 0.3) is 0 Å². The average molecular weight is 254 g/mol. The van der Waals surface area contributed by atoms with Gasteiger partial charge in [0.05, 0.1) is 19.3 Å². The molecule has 0 saturated carbocycles. The average Bonchev–Trinajstić information content (AvgIpc) is 2.67. The van der Waals surface area contributed by atoms with E-state index in [9.17, 15) is 4.79 Å². The fourth-order valence-corrected chi connectivity index (χ4v) is 2.91. The molecule has 4 atom stereocenters. The van der Waals surface area contributed by atoms with Crippen LogP contribution in [-0.2, 0) is 23.7 Å². The molecule has 2 fully saturated rings. The Bertz CT molecular complexity index is 402. The number of hydrogen-bond donors (Lipinski definition) is 0. The van der Waals surface area contributed by atoms with Gasteiger partial charge >= 0.3 is 5.97 Å². The Hall–Kier alpha value is -0.910. The van der Waals surface area contributed by atoms with Gasteiger partial charge in [-0.1, -0.05) is 6.08 Å². The first-order valence-corrected chi connectivity index (χ1v) is 6.35. The van der Waals surface area contributed by atoms with Crippen LogP contribution in [0.15, 0.2) is 12.2 Å². The zero-order valence-electron chi connectivity index (χ0n) is 10.8. The SMILES string of the molecule is CCOC(=O)C12C=C[C@@H](CO1)[C@@H]1OC(C)(C)O[C@@H]12. The van der Waals surface area contributed by atoms with Crippen molar-refractivity contribution in [2.75, 3.05) is 13.2 Å². The predicted molar refractivity (Wildman–Crippen MR) is 61.8 cm³/mol. The quantitative estimate of drug-likeness (QED) is 0.544. The topological polar surface area (TPSA) is 54.0 Å². The van der Waals surface area contributed by atoms with Gasteiger partial charge in [0, 0.05) is 5.92 Å². The van der Waals surface area contributed by atoms with Crippen molar-refractivity contribution in [3.05, 3.63) is 12.2 Å². The van der Waals surface area contributed by atoms with E-state index in [0.717, 1.165) is 0 Å². The summed E-state index contributed by atoms with van der Waals surface area (Å²) in [5, 5.41) is 0. The summed E-state index contributed by atoms with van der Waals surface area (Å²) < 4.78 is 22.6. The molecule has 3 aliphatic heterocycles. The second kappa shape index (κ2) is 3.79. The second-order valence-electron chi connectivity index (χ2n) is 5.37. The molecule has 1 unspecified atom stereocenters. The van der Waals surface area contributed by atoms with E-state index in [1.807, 2.05) is 19.9 Å². The maximum absolute atomic E-state index is 12.2. The van der Waals surface area contributed by atoms with Gasteiger partial charge < -0.3 is 18.9 Å². The predicted octanol–water partition coefficient (Wildman–Crippen LogP) is 1.02. The molecule has 5 nitrogen and oxygen atoms in total. The zero-order chi connectivity index (χ0) is 13.0. The van der Waals surface area contributed by atoms with Crippen LogP contribution in [0.2, 0.25) is 0 Å². The number of fused-ring (bicyclic) bond motifs is 1. The monoisotopic (exact) mass is 254 g/mol. The first-order valence-electron chi connectivity index (χ1n) is 6.35. The van der Waals surface area contributed by atoms with Crippen LogP contribution in [0.1, 0.15) is 20.8 Å². The number of carbonyl (C=O) groups excluding carboxylic acids is 1. The summed E-state index contributed by atoms with van der Waals surface area (Å²) in [4.78, 5) is 12.2. The molecule has 100 valence electrons. The van der Waals surface area contributed by atoms with Crippen LogP contribution in [0, 0.1) is 5.92 Å². The van der Waals surface area contributed by atoms with Crippen molar-refractivity contribution in [2.24, 2.45) is 5.92 Å². The van der Waals surface area contributed by atoms with Crippen molar-refractivity contribution in [3.8, 4) is 0 Å². The van der Waals surface area contributed by atoms with Gasteiger partial charge in [0.2, 0.25) is 5.60 Å². The molecule has 4 aliphatic rings. The molecule has 0 radical (unpaired) electrons. The van der Waals surface area contributed by atoms with E-state index in [2.05, 4.69) is 0 Å². The van der Waals surface area contributed by atoms with Crippen LogP contribution in [0.5, 0.6) is 0 Å². The van der Waals surface area contributed by atoms with Gasteiger partial charge in [0.25, 0.3) is 0 Å². The molecule has 0 N–H and O–H groups in total. The number of rotatable bonds is 2. The molecular formula is C13H18O5. The lowest BCUT2D eigenvalue weighted by molar-refractivity contribution is -0.204. The molecular weight excluding hydrogens is 236 g/mol. The summed E-state index contributed by atoms with van der Waals surface area (Å²) in [5.41, 5.74) is -1.14. The first kappa shape index (κ1) is 12.1. The summed E-state index contributed by atoms with van der Waals surface area (Å²) in [6, 6.07) is 0. The fraction of sp³-hybridized carbons (Fsp3) is 0.769. The van der Waals surface area contributed by atoms with Gasteiger partial charge in [-0.15, -0.1) is 0 Å². The van der Waals surface area contributed by atoms with Crippen LogP contribution in [0.4, 0.5) is 0 Å². The smallest absolute Gasteiger partial charge is 0.345 e. The number of ether oxygens (including phenoxy) is 4. The van der Waals surface area contributed by atoms with Gasteiger partial charge in [-0.2, -0.15) is 0 Å². The molecule has 2 bridgehead atoms. The van der Waals surface area contributed by atoms with Crippen LogP contribution < -0.4 is 0 Å². The van der Waals surface area contributed by atoms with Gasteiger partial charge in [0.15, 0.2) is 5.79 Å². The highest BCUT2D eigenvalue weighted by Gasteiger charge is 2.64. The summed E-state index contributed by atoms with van der Waals surface area (Å²) in [6.45, 7) is 6.27. The standard InChI is InChI=1S/C13H18O5/c1-4-15-11(14)13-6-5-8(7-16-13)9-10(13)18-12(2,3)17-9/h5-6,8-10H,4,7H2,1-3H3/t8-,9-,10-,13?/m0/s1. The van der Waals surface area contributed by atoms with Gasteiger partial charge in [0.1, 0.15) is 6.10 Å². The van der Waals surface area contributed by atoms with E-state index in [-0.39, 0.29) is 12.0 Å². The molecule has 4 rings (SSSR count). The largest absolute Gasteiger partial charge is 0.464 e. The van der Waals surface area contributed by atoms with Crippen LogP contribution in [-0.4, -0.2) is 42.8 Å². The first-order chi connectivity index (χ1) is 8.48. The molecule has 1 aliphatic carbocycles. The van der Waals surface area contributed by atoms with Crippen molar-refractivity contribution in [1.82, 2.24) is 0 Å². The zero-order valence-corrected chi connectivity index (χ0v) is 10.8. The lowest BCUT2D eigenvalue weighted by Crippen LogP contribution is -2.63. The highest BCUT2D eigenvalue weighted by atomic mass is 16.8. The molecule has 2 saturated heterocycles. The summed E-state index contributed by atoms with van der Waals surface area (Å²) >= 11 is 0. The summed E-state index contributed by atoms with van der Waals surface area (Å²) in [7, 11) is 0. The van der Waals surface area contributed by atoms with Crippen molar-refractivity contribution < 1.29 is 23.7 Å². The molecule has 3 heterocycles. The van der Waals surface area contributed by atoms with E-state index >= 15 is 0 Å². The third-order valence-corrected chi connectivity index (χ3v) is 3.67. The van der Waals surface area contributed by atoms with Gasteiger partial charge in [-0.25, -0.2) is 4.79 Å². The van der Waals surface area contributed by atoms with Gasteiger partial charge in [-0.3, -0.25) is 0 Å². The van der Waals surface area contributed by atoms with E-state index in [1.165, 1.54) is 0 Å². The van der Waals surface area contributed by atoms with E-state index in [4.69, 9.17) is 18.9 Å². The van der Waals surface area contributed by atoms with E-state index in [0.29, 0.717) is 13.2 Å². The number of esters is 1. The van der Waals surface area contributed by atoms with Crippen LogP contribution in [0.3, 0.4) is 0 Å². The van der Waals surface area contributed by atoms with Crippen molar-refractivity contribution in [2.45, 2.75) is 44.4 Å². The molecule has 0 aromatic carbocycles. The Labute approximate surface area is 106 Å². The highest BCUT2D eigenvalue weighted by molar-refractivity contribution is 5.84. The lowest BCUT2D eigenvalue weighted by atomic mass is 9.77. The van der Waals surface area contributed by atoms with E-state index in [1.54, 1.807) is 13.0 Å². The lowest BCUT2D eigenvalue weighted by Gasteiger charge is -2.45. The molecule has 0 spiro atoms. The second-order valence-corrected chi connectivity index (χ2v) is 5.37. The Balaban J connectivity index is 1.96. The Morgan fingerprint density at radius 3 is 2.83 bits per heavy atom. The van der Waals surface area contributed by atoms with E-state index < -0.39 is 23.5 Å². The third kappa shape index (κ3) is 1.54. The minimum Gasteiger partial charge on any atom is -0.464 e. The minimum atomic E-state index is -1.14. The van der Waals surface area contributed by atoms with Crippen molar-refractivity contribution in [1.29, 1.82) is 0 Å².